The Morgan fingerprint density at radius 1 is 1.28 bits per heavy atom. The maximum atomic E-state index is 12.8. The molecule has 2 atom stereocenters. The van der Waals surface area contributed by atoms with Crippen molar-refractivity contribution in [1.29, 1.82) is 0 Å². The van der Waals surface area contributed by atoms with Crippen LogP contribution in [0.5, 0.6) is 0 Å². The van der Waals surface area contributed by atoms with Gasteiger partial charge < -0.3 is 11.1 Å². The van der Waals surface area contributed by atoms with Crippen molar-refractivity contribution in [1.82, 2.24) is 10.2 Å². The standard InChI is InChI=1S/C16H17ClN4O4/c17-8(6-18)7-19-10-3-1-2-9-13(10)16(25)21(15(9)24)11-4-5-12(22)20-14(11)23/h1-3,8,11,19H,4-7,18H2,(H,20,22,23). The lowest BCUT2D eigenvalue weighted by Crippen LogP contribution is -2.54. The van der Waals surface area contributed by atoms with Crippen LogP contribution in [-0.4, -0.2) is 53.0 Å². The molecular formula is C16H17ClN4O4. The molecule has 1 saturated heterocycles. The molecule has 2 heterocycles. The molecule has 8 nitrogen and oxygen atoms in total. The summed E-state index contributed by atoms with van der Waals surface area (Å²) in [7, 11) is 0. The predicted molar refractivity (Wildman–Crippen MR) is 90.3 cm³/mol. The Hall–Kier alpha value is -2.45. The molecule has 2 aliphatic heterocycles. The van der Waals surface area contributed by atoms with E-state index in [0.717, 1.165) is 4.90 Å². The minimum Gasteiger partial charge on any atom is -0.383 e. The van der Waals surface area contributed by atoms with Gasteiger partial charge >= 0.3 is 0 Å². The smallest absolute Gasteiger partial charge is 0.264 e. The van der Waals surface area contributed by atoms with Gasteiger partial charge in [-0.25, -0.2) is 0 Å². The number of alkyl halides is 1. The fourth-order valence-electron chi connectivity index (χ4n) is 2.97. The molecule has 0 saturated carbocycles. The summed E-state index contributed by atoms with van der Waals surface area (Å²) in [6.45, 7) is 0.591. The molecule has 1 aromatic carbocycles. The van der Waals surface area contributed by atoms with E-state index in [9.17, 15) is 19.2 Å². The zero-order valence-corrected chi connectivity index (χ0v) is 14.0. The predicted octanol–water partition coefficient (Wildman–Crippen LogP) is 0.0658. The van der Waals surface area contributed by atoms with E-state index >= 15 is 0 Å². The highest BCUT2D eigenvalue weighted by Crippen LogP contribution is 2.32. The van der Waals surface area contributed by atoms with Crippen molar-refractivity contribution in [2.45, 2.75) is 24.3 Å². The second-order valence-corrected chi connectivity index (χ2v) is 6.51. The first-order valence-corrected chi connectivity index (χ1v) is 8.30. The number of carbonyl (C=O) groups excluding carboxylic acids is 4. The second kappa shape index (κ2) is 6.81. The SMILES string of the molecule is NCC(Cl)CNc1cccc2c1C(=O)N(C1CCC(=O)NC1=O)C2=O. The van der Waals surface area contributed by atoms with Gasteiger partial charge in [0.25, 0.3) is 11.8 Å². The lowest BCUT2D eigenvalue weighted by molar-refractivity contribution is -0.136. The molecule has 3 rings (SSSR count). The van der Waals surface area contributed by atoms with Gasteiger partial charge in [0.05, 0.1) is 16.5 Å². The summed E-state index contributed by atoms with van der Waals surface area (Å²) in [6, 6.07) is 3.86. The highest BCUT2D eigenvalue weighted by molar-refractivity contribution is 6.25. The van der Waals surface area contributed by atoms with Gasteiger partial charge in [0.1, 0.15) is 6.04 Å². The molecule has 9 heteroatoms. The Balaban J connectivity index is 1.89. The number of anilines is 1. The Kier molecular flexibility index (Phi) is 4.73. The molecule has 0 aliphatic carbocycles. The number of amides is 4. The maximum Gasteiger partial charge on any atom is 0.264 e. The van der Waals surface area contributed by atoms with Crippen LogP contribution < -0.4 is 16.4 Å². The number of carbonyl (C=O) groups is 4. The topological polar surface area (TPSA) is 122 Å². The van der Waals surface area contributed by atoms with Crippen molar-refractivity contribution >= 4 is 40.9 Å². The number of rotatable bonds is 5. The Bertz CT molecular complexity index is 767. The van der Waals surface area contributed by atoms with Gasteiger partial charge in [0.15, 0.2) is 0 Å². The van der Waals surface area contributed by atoms with Crippen molar-refractivity contribution in [3.63, 3.8) is 0 Å². The number of nitrogens with two attached hydrogens (primary N) is 1. The Labute approximate surface area is 148 Å². The number of piperidine rings is 1. The fraction of sp³-hybridized carbons (Fsp3) is 0.375. The van der Waals surface area contributed by atoms with Crippen molar-refractivity contribution < 1.29 is 19.2 Å². The van der Waals surface area contributed by atoms with Crippen LogP contribution in [0.1, 0.15) is 33.6 Å². The van der Waals surface area contributed by atoms with Crippen LogP contribution in [0.4, 0.5) is 5.69 Å². The van der Waals surface area contributed by atoms with Crippen molar-refractivity contribution in [2.24, 2.45) is 5.73 Å². The zero-order chi connectivity index (χ0) is 18.1. The number of fused-ring (bicyclic) bond motifs is 1. The third-order valence-corrected chi connectivity index (χ3v) is 4.57. The molecule has 1 fully saturated rings. The highest BCUT2D eigenvalue weighted by Gasteiger charge is 2.45. The first kappa shape index (κ1) is 17.4. The minimum atomic E-state index is -0.984. The van der Waals surface area contributed by atoms with Crippen LogP contribution in [0, 0.1) is 0 Å². The van der Waals surface area contributed by atoms with Crippen molar-refractivity contribution in [3.05, 3.63) is 29.3 Å². The average Bonchev–Trinajstić information content (AvgIpc) is 2.85. The van der Waals surface area contributed by atoms with E-state index in [1.165, 1.54) is 6.07 Å². The molecule has 132 valence electrons. The molecular weight excluding hydrogens is 348 g/mol. The Morgan fingerprint density at radius 2 is 2.04 bits per heavy atom. The molecule has 25 heavy (non-hydrogen) atoms. The number of nitrogens with one attached hydrogen (secondary N) is 2. The number of halogens is 1. The summed E-state index contributed by atoms with van der Waals surface area (Å²) in [5, 5.41) is 4.86. The number of benzene rings is 1. The van der Waals surface area contributed by atoms with Crippen LogP contribution in [0.25, 0.3) is 0 Å². The van der Waals surface area contributed by atoms with Gasteiger partial charge in [-0.15, -0.1) is 11.6 Å². The molecule has 2 aliphatic rings. The van der Waals surface area contributed by atoms with Crippen LogP contribution in [-0.2, 0) is 9.59 Å². The number of nitrogens with zero attached hydrogens (tertiary/aromatic N) is 1. The summed E-state index contributed by atoms with van der Waals surface area (Å²) >= 11 is 5.98. The zero-order valence-electron chi connectivity index (χ0n) is 13.3. The monoisotopic (exact) mass is 364 g/mol. The summed E-state index contributed by atoms with van der Waals surface area (Å²) in [5.74, 6) is -2.14. The largest absolute Gasteiger partial charge is 0.383 e. The average molecular weight is 365 g/mol. The maximum absolute atomic E-state index is 12.8. The third-order valence-electron chi connectivity index (χ3n) is 4.24. The van der Waals surface area contributed by atoms with E-state index in [2.05, 4.69) is 10.6 Å². The van der Waals surface area contributed by atoms with E-state index in [-0.39, 0.29) is 35.9 Å². The van der Waals surface area contributed by atoms with Gasteiger partial charge in [-0.05, 0) is 18.6 Å². The normalized spacial score (nSPS) is 21.2. The Morgan fingerprint density at radius 3 is 2.72 bits per heavy atom. The van der Waals surface area contributed by atoms with E-state index < -0.39 is 29.7 Å². The van der Waals surface area contributed by atoms with Crippen LogP contribution >= 0.6 is 11.6 Å². The number of hydrogen-bond acceptors (Lipinski definition) is 6. The molecule has 0 radical (unpaired) electrons. The molecule has 0 aromatic heterocycles. The van der Waals surface area contributed by atoms with Gasteiger partial charge in [-0.2, -0.15) is 0 Å². The summed E-state index contributed by atoms with van der Waals surface area (Å²) in [4.78, 5) is 49.7. The first-order valence-electron chi connectivity index (χ1n) is 7.86. The minimum absolute atomic E-state index is 0.0827. The van der Waals surface area contributed by atoms with Crippen molar-refractivity contribution in [2.75, 3.05) is 18.4 Å². The van der Waals surface area contributed by atoms with E-state index in [0.29, 0.717) is 12.2 Å². The molecule has 2 unspecified atom stereocenters. The quantitative estimate of drug-likeness (QED) is 0.502. The van der Waals surface area contributed by atoms with E-state index in [4.69, 9.17) is 17.3 Å². The lowest BCUT2D eigenvalue weighted by atomic mass is 10.0. The third kappa shape index (κ3) is 3.10. The summed E-state index contributed by atoms with van der Waals surface area (Å²) < 4.78 is 0. The van der Waals surface area contributed by atoms with Crippen LogP contribution in [0.2, 0.25) is 0 Å². The van der Waals surface area contributed by atoms with Gasteiger partial charge in [0, 0.05) is 25.2 Å². The first-order chi connectivity index (χ1) is 11.9. The van der Waals surface area contributed by atoms with Crippen LogP contribution in [0.3, 0.4) is 0 Å². The highest BCUT2D eigenvalue weighted by atomic mass is 35.5. The lowest BCUT2D eigenvalue weighted by Gasteiger charge is -2.27. The van der Waals surface area contributed by atoms with Gasteiger partial charge in [-0.1, -0.05) is 6.07 Å². The van der Waals surface area contributed by atoms with Crippen molar-refractivity contribution in [3.8, 4) is 0 Å². The van der Waals surface area contributed by atoms with E-state index in [1.807, 2.05) is 0 Å². The number of hydrogen-bond donors (Lipinski definition) is 3. The second-order valence-electron chi connectivity index (χ2n) is 5.89. The van der Waals surface area contributed by atoms with Gasteiger partial charge in [-0.3, -0.25) is 29.4 Å². The number of imide groups is 2. The molecule has 1 aromatic rings. The molecule has 0 spiro atoms. The molecule has 0 bridgehead atoms. The summed E-state index contributed by atoms with van der Waals surface area (Å²) in [5.41, 5.74) is 6.36. The van der Waals surface area contributed by atoms with Gasteiger partial charge in [0.2, 0.25) is 11.8 Å². The fourth-order valence-corrected chi connectivity index (χ4v) is 3.04. The van der Waals surface area contributed by atoms with E-state index in [1.54, 1.807) is 12.1 Å². The molecule has 4 N–H and O–H groups in total. The van der Waals surface area contributed by atoms with Crippen LogP contribution in [0.15, 0.2) is 18.2 Å². The molecule has 4 amide bonds. The summed E-state index contributed by atoms with van der Waals surface area (Å²) in [6.07, 6.45) is 0.204.